The van der Waals surface area contributed by atoms with E-state index in [2.05, 4.69) is 19.2 Å². The van der Waals surface area contributed by atoms with Crippen molar-refractivity contribution in [1.82, 2.24) is 13.9 Å². The molecule has 0 aromatic carbocycles. The third-order valence-corrected chi connectivity index (χ3v) is 5.53. The van der Waals surface area contributed by atoms with E-state index in [4.69, 9.17) is 0 Å². The zero-order valence-corrected chi connectivity index (χ0v) is 12.7. The number of nitrogens with zero attached hydrogens (tertiary/aromatic N) is 2. The Labute approximate surface area is 112 Å². The summed E-state index contributed by atoms with van der Waals surface area (Å²) in [5.41, 5.74) is 0. The van der Waals surface area contributed by atoms with Gasteiger partial charge in [0.2, 0.25) is 0 Å². The van der Waals surface area contributed by atoms with Crippen molar-refractivity contribution < 1.29 is 8.42 Å². The lowest BCUT2D eigenvalue weighted by molar-refractivity contribution is 0.270. The summed E-state index contributed by atoms with van der Waals surface area (Å²) in [6.07, 6.45) is 2.81. The van der Waals surface area contributed by atoms with Crippen molar-refractivity contribution in [1.29, 1.82) is 0 Å². The summed E-state index contributed by atoms with van der Waals surface area (Å²) in [6.45, 7) is 7.96. The second-order valence-electron chi connectivity index (χ2n) is 5.12. The topological polar surface area (TPSA) is 52.7 Å². The lowest BCUT2D eigenvalue weighted by Crippen LogP contribution is -2.46. The number of rotatable bonds is 7. The van der Waals surface area contributed by atoms with Crippen LogP contribution in [-0.2, 0) is 10.2 Å². The molecule has 0 aliphatic carbocycles. The Morgan fingerprint density at radius 2 is 1.94 bits per heavy atom. The van der Waals surface area contributed by atoms with E-state index in [9.17, 15) is 8.42 Å². The van der Waals surface area contributed by atoms with Crippen molar-refractivity contribution in [3.63, 3.8) is 0 Å². The van der Waals surface area contributed by atoms with Crippen molar-refractivity contribution in [2.45, 2.75) is 33.1 Å². The zero-order valence-electron chi connectivity index (χ0n) is 11.9. The molecule has 1 aliphatic heterocycles. The lowest BCUT2D eigenvalue weighted by Gasteiger charge is -2.32. The van der Waals surface area contributed by atoms with Crippen molar-refractivity contribution >= 4 is 10.2 Å². The second-order valence-corrected chi connectivity index (χ2v) is 7.15. The molecule has 0 saturated carbocycles. The maximum absolute atomic E-state index is 12.3. The molecule has 0 aromatic heterocycles. The molecule has 1 saturated heterocycles. The van der Waals surface area contributed by atoms with Crippen LogP contribution in [0.3, 0.4) is 0 Å². The summed E-state index contributed by atoms with van der Waals surface area (Å²) >= 11 is 0. The van der Waals surface area contributed by atoms with E-state index < -0.39 is 10.2 Å². The second kappa shape index (κ2) is 7.43. The maximum atomic E-state index is 12.3. The highest BCUT2D eigenvalue weighted by molar-refractivity contribution is 7.86. The highest BCUT2D eigenvalue weighted by Crippen LogP contribution is 2.20. The van der Waals surface area contributed by atoms with E-state index >= 15 is 0 Å². The molecule has 5 nitrogen and oxygen atoms in total. The minimum atomic E-state index is -3.23. The van der Waals surface area contributed by atoms with Crippen LogP contribution < -0.4 is 5.32 Å². The molecular weight excluding hydrogens is 250 g/mol. The monoisotopic (exact) mass is 277 g/mol. The van der Waals surface area contributed by atoms with Gasteiger partial charge in [-0.05, 0) is 38.3 Å². The zero-order chi connectivity index (χ0) is 13.6. The molecule has 18 heavy (non-hydrogen) atoms. The van der Waals surface area contributed by atoms with Gasteiger partial charge in [0.1, 0.15) is 0 Å². The number of hydrogen-bond acceptors (Lipinski definition) is 3. The largest absolute Gasteiger partial charge is 0.317 e. The lowest BCUT2D eigenvalue weighted by atomic mass is 10.0. The number of hydrogen-bond donors (Lipinski definition) is 1. The van der Waals surface area contributed by atoms with Crippen LogP contribution in [0.15, 0.2) is 0 Å². The van der Waals surface area contributed by atoms with E-state index in [-0.39, 0.29) is 0 Å². The average Bonchev–Trinajstić information content (AvgIpc) is 2.35. The predicted molar refractivity (Wildman–Crippen MR) is 74.7 cm³/mol. The van der Waals surface area contributed by atoms with Crippen molar-refractivity contribution in [3.05, 3.63) is 0 Å². The first-order valence-electron chi connectivity index (χ1n) is 6.90. The number of piperidine rings is 1. The van der Waals surface area contributed by atoms with Crippen LogP contribution in [0, 0.1) is 5.92 Å². The van der Waals surface area contributed by atoms with Gasteiger partial charge in [0.25, 0.3) is 10.2 Å². The predicted octanol–water partition coefficient (Wildman–Crippen LogP) is 0.895. The fraction of sp³-hybridized carbons (Fsp3) is 1.00. The van der Waals surface area contributed by atoms with E-state index in [1.807, 2.05) is 0 Å². The van der Waals surface area contributed by atoms with E-state index in [1.54, 1.807) is 11.4 Å². The Morgan fingerprint density at radius 3 is 2.50 bits per heavy atom. The molecule has 0 spiro atoms. The molecule has 1 fully saturated rings. The van der Waals surface area contributed by atoms with Gasteiger partial charge >= 0.3 is 0 Å². The highest BCUT2D eigenvalue weighted by atomic mass is 32.2. The molecule has 108 valence electrons. The van der Waals surface area contributed by atoms with Gasteiger partial charge in [-0.15, -0.1) is 0 Å². The SMILES string of the molecule is CCNCCCN(C)S(=O)(=O)N1CCC(C)CC1. The molecule has 1 aliphatic rings. The summed E-state index contributed by atoms with van der Waals surface area (Å²) in [6, 6.07) is 0. The Bertz CT molecular complexity index is 324. The Kier molecular flexibility index (Phi) is 6.55. The summed E-state index contributed by atoms with van der Waals surface area (Å²) in [5, 5.41) is 3.21. The van der Waals surface area contributed by atoms with E-state index in [1.165, 1.54) is 4.31 Å². The molecule has 0 bridgehead atoms. The van der Waals surface area contributed by atoms with Crippen LogP contribution in [-0.4, -0.2) is 56.8 Å². The van der Waals surface area contributed by atoms with Gasteiger partial charge in [-0.1, -0.05) is 13.8 Å². The quantitative estimate of drug-likeness (QED) is 0.703. The van der Waals surface area contributed by atoms with Gasteiger partial charge in [-0.25, -0.2) is 0 Å². The van der Waals surface area contributed by atoms with Gasteiger partial charge in [0, 0.05) is 26.7 Å². The van der Waals surface area contributed by atoms with Crippen LogP contribution in [0.25, 0.3) is 0 Å². The summed E-state index contributed by atoms with van der Waals surface area (Å²) in [5.74, 6) is 0.649. The van der Waals surface area contributed by atoms with E-state index in [0.717, 1.165) is 32.4 Å². The fourth-order valence-electron chi connectivity index (χ4n) is 2.13. The first-order chi connectivity index (χ1) is 8.48. The Hall–Kier alpha value is -0.170. The first kappa shape index (κ1) is 15.9. The molecular formula is C12H27N3O2S. The summed E-state index contributed by atoms with van der Waals surface area (Å²) < 4.78 is 27.7. The van der Waals surface area contributed by atoms with Crippen LogP contribution in [0.5, 0.6) is 0 Å². The van der Waals surface area contributed by atoms with Crippen LogP contribution in [0.1, 0.15) is 33.1 Å². The van der Waals surface area contributed by atoms with Gasteiger partial charge in [0.05, 0.1) is 0 Å². The molecule has 0 amide bonds. The van der Waals surface area contributed by atoms with Gasteiger partial charge in [-0.2, -0.15) is 17.0 Å². The Balaban J connectivity index is 2.41. The summed E-state index contributed by atoms with van der Waals surface area (Å²) in [7, 11) is -1.55. The van der Waals surface area contributed by atoms with Gasteiger partial charge in [-0.3, -0.25) is 0 Å². The molecule has 6 heteroatoms. The van der Waals surface area contributed by atoms with Gasteiger partial charge < -0.3 is 5.32 Å². The van der Waals surface area contributed by atoms with Crippen molar-refractivity contribution in [2.24, 2.45) is 5.92 Å². The smallest absolute Gasteiger partial charge is 0.281 e. The minimum Gasteiger partial charge on any atom is -0.317 e. The third-order valence-electron chi connectivity index (χ3n) is 3.54. The standard InChI is InChI=1S/C12H27N3O2S/c1-4-13-8-5-9-14(3)18(16,17)15-10-6-12(2)7-11-15/h12-13H,4-11H2,1-3H3. The van der Waals surface area contributed by atoms with Crippen molar-refractivity contribution in [3.8, 4) is 0 Å². The minimum absolute atomic E-state index is 0.585. The van der Waals surface area contributed by atoms with Crippen LogP contribution in [0.4, 0.5) is 0 Å². The molecule has 0 aromatic rings. The normalized spacial score (nSPS) is 19.6. The highest BCUT2D eigenvalue weighted by Gasteiger charge is 2.29. The van der Waals surface area contributed by atoms with Crippen LogP contribution >= 0.6 is 0 Å². The number of nitrogens with one attached hydrogen (secondary N) is 1. The molecule has 0 radical (unpaired) electrons. The Morgan fingerprint density at radius 1 is 1.33 bits per heavy atom. The molecule has 0 atom stereocenters. The summed E-state index contributed by atoms with van der Waals surface area (Å²) in [4.78, 5) is 0. The van der Waals surface area contributed by atoms with Gasteiger partial charge in [0.15, 0.2) is 0 Å². The fourth-order valence-corrected chi connectivity index (χ4v) is 3.56. The molecule has 1 rings (SSSR count). The molecule has 1 N–H and O–H groups in total. The first-order valence-corrected chi connectivity index (χ1v) is 8.30. The van der Waals surface area contributed by atoms with E-state index in [0.29, 0.717) is 25.6 Å². The third kappa shape index (κ3) is 4.50. The molecule has 1 heterocycles. The molecule has 0 unspecified atom stereocenters. The average molecular weight is 277 g/mol. The van der Waals surface area contributed by atoms with Crippen molar-refractivity contribution in [2.75, 3.05) is 39.8 Å². The van der Waals surface area contributed by atoms with Crippen LogP contribution in [0.2, 0.25) is 0 Å². The maximum Gasteiger partial charge on any atom is 0.281 e.